The van der Waals surface area contributed by atoms with Gasteiger partial charge >= 0.3 is 0 Å². The van der Waals surface area contributed by atoms with Gasteiger partial charge in [-0.2, -0.15) is 5.26 Å². The lowest BCUT2D eigenvalue weighted by molar-refractivity contribution is -0.112. The minimum Gasteiger partial charge on any atom is -0.376 e. The second-order valence-electron chi connectivity index (χ2n) is 6.31. The van der Waals surface area contributed by atoms with Gasteiger partial charge in [0.2, 0.25) is 0 Å². The zero-order chi connectivity index (χ0) is 16.8. The summed E-state index contributed by atoms with van der Waals surface area (Å²) in [5.41, 5.74) is 3.10. The van der Waals surface area contributed by atoms with Gasteiger partial charge in [0.1, 0.15) is 11.6 Å². The van der Waals surface area contributed by atoms with Gasteiger partial charge in [-0.05, 0) is 43.2 Å². The maximum Gasteiger partial charge on any atom is 0.267 e. The first-order chi connectivity index (χ1) is 11.0. The van der Waals surface area contributed by atoms with Crippen molar-refractivity contribution in [3.8, 4) is 6.07 Å². The molecule has 0 bridgehead atoms. The number of hydrogen-bond acceptors (Lipinski definition) is 3. The van der Waals surface area contributed by atoms with Gasteiger partial charge in [0, 0.05) is 25.0 Å². The van der Waals surface area contributed by atoms with Crippen molar-refractivity contribution in [1.29, 1.82) is 5.26 Å². The van der Waals surface area contributed by atoms with Gasteiger partial charge in [-0.25, -0.2) is 0 Å². The molecule has 0 aliphatic carbocycles. The van der Waals surface area contributed by atoms with Gasteiger partial charge in [0.25, 0.3) is 5.91 Å². The Hall–Kier alpha value is -2.28. The first kappa shape index (κ1) is 17.1. The Bertz CT molecular complexity index is 643. The molecule has 1 N–H and O–H groups in total. The number of nitrogens with zero attached hydrogens (tertiary/aromatic N) is 2. The average Bonchev–Trinajstić information content (AvgIpc) is 2.54. The van der Waals surface area contributed by atoms with Crippen LogP contribution in [-0.4, -0.2) is 23.9 Å². The lowest BCUT2D eigenvalue weighted by Gasteiger charge is -2.29. The molecule has 2 rings (SSSR count). The molecule has 1 heterocycles. The molecule has 122 valence electrons. The molecule has 4 nitrogen and oxygen atoms in total. The molecular weight excluding hydrogens is 286 g/mol. The molecule has 0 spiro atoms. The Morgan fingerprint density at radius 3 is 2.96 bits per heavy atom. The molecule has 1 unspecified atom stereocenters. The number of nitriles is 1. The highest BCUT2D eigenvalue weighted by molar-refractivity contribution is 6.07. The van der Waals surface area contributed by atoms with E-state index in [2.05, 4.69) is 24.1 Å². The lowest BCUT2D eigenvalue weighted by Crippen LogP contribution is -2.31. The van der Waals surface area contributed by atoms with Crippen LogP contribution in [0.2, 0.25) is 0 Å². The summed E-state index contributed by atoms with van der Waals surface area (Å²) >= 11 is 0. The number of hydrogen-bond donors (Lipinski definition) is 1. The van der Waals surface area contributed by atoms with Crippen molar-refractivity contribution in [3.63, 3.8) is 0 Å². The molecule has 1 aromatic rings. The first-order valence-corrected chi connectivity index (χ1v) is 8.31. The topological polar surface area (TPSA) is 56.1 Å². The largest absolute Gasteiger partial charge is 0.376 e. The fraction of sp³-hybridized carbons (Fsp3) is 0.474. The van der Waals surface area contributed by atoms with E-state index >= 15 is 0 Å². The number of nitrogens with one attached hydrogen (secondary N) is 1. The van der Waals surface area contributed by atoms with E-state index in [-0.39, 0.29) is 11.5 Å². The van der Waals surface area contributed by atoms with Crippen molar-refractivity contribution in [1.82, 2.24) is 4.90 Å². The van der Waals surface area contributed by atoms with Crippen LogP contribution >= 0.6 is 0 Å². The zero-order valence-corrected chi connectivity index (χ0v) is 14.2. The molecule has 4 heteroatoms. The van der Waals surface area contributed by atoms with Gasteiger partial charge in [-0.3, -0.25) is 4.79 Å². The molecule has 0 aromatic heterocycles. The smallest absolute Gasteiger partial charge is 0.267 e. The van der Waals surface area contributed by atoms with Crippen molar-refractivity contribution in [2.75, 3.05) is 18.4 Å². The fourth-order valence-corrected chi connectivity index (χ4v) is 3.05. The van der Waals surface area contributed by atoms with E-state index in [9.17, 15) is 10.1 Å². The minimum atomic E-state index is -0.324. The van der Waals surface area contributed by atoms with Crippen LogP contribution in [0.25, 0.3) is 0 Å². The molecule has 1 amide bonds. The van der Waals surface area contributed by atoms with Gasteiger partial charge in [0.15, 0.2) is 0 Å². The molecule has 0 radical (unpaired) electrons. The summed E-state index contributed by atoms with van der Waals surface area (Å²) in [6.07, 6.45) is 4.87. The second-order valence-corrected chi connectivity index (χ2v) is 6.31. The fourth-order valence-electron chi connectivity index (χ4n) is 3.05. The monoisotopic (exact) mass is 311 g/mol. The van der Waals surface area contributed by atoms with Crippen molar-refractivity contribution in [3.05, 3.63) is 41.1 Å². The van der Waals surface area contributed by atoms with Crippen LogP contribution in [0.4, 0.5) is 5.69 Å². The molecule has 1 aromatic carbocycles. The third-order valence-corrected chi connectivity index (χ3v) is 4.34. The van der Waals surface area contributed by atoms with E-state index in [4.69, 9.17) is 0 Å². The maximum atomic E-state index is 12.5. The van der Waals surface area contributed by atoms with Crippen molar-refractivity contribution >= 4 is 11.6 Å². The van der Waals surface area contributed by atoms with Crippen molar-refractivity contribution in [2.45, 2.75) is 40.0 Å². The first-order valence-electron chi connectivity index (χ1n) is 8.31. The number of piperidine rings is 1. The van der Waals surface area contributed by atoms with Gasteiger partial charge in [-0.1, -0.05) is 32.0 Å². The summed E-state index contributed by atoms with van der Waals surface area (Å²) in [5, 5.41) is 12.3. The number of benzene rings is 1. The van der Waals surface area contributed by atoms with Gasteiger partial charge in [-0.15, -0.1) is 0 Å². The summed E-state index contributed by atoms with van der Waals surface area (Å²) < 4.78 is 0. The number of likely N-dealkylation sites (tertiary alicyclic amines) is 1. The van der Waals surface area contributed by atoms with Crippen LogP contribution in [0.3, 0.4) is 0 Å². The maximum absolute atomic E-state index is 12.5. The van der Waals surface area contributed by atoms with Crippen LogP contribution in [-0.2, 0) is 11.2 Å². The van der Waals surface area contributed by atoms with Crippen LogP contribution in [0.15, 0.2) is 30.0 Å². The highest BCUT2D eigenvalue weighted by atomic mass is 16.1. The summed E-state index contributed by atoms with van der Waals surface area (Å²) in [5.74, 6) is 0.279. The number of para-hydroxylation sites is 1. The molecule has 1 saturated heterocycles. The highest BCUT2D eigenvalue weighted by Gasteiger charge is 2.18. The SMILES string of the molecule is CCc1cccc(C)c1NC(=O)/C(C#N)=C\N1CCCC(C)C1. The van der Waals surface area contributed by atoms with E-state index < -0.39 is 0 Å². The van der Waals surface area contributed by atoms with Crippen LogP contribution in [0.1, 0.15) is 37.8 Å². The number of carbonyl (C=O) groups excluding carboxylic acids is 1. The highest BCUT2D eigenvalue weighted by Crippen LogP contribution is 2.22. The third kappa shape index (κ3) is 4.35. The second kappa shape index (κ2) is 7.82. The Morgan fingerprint density at radius 2 is 2.30 bits per heavy atom. The number of anilines is 1. The molecule has 1 aliphatic rings. The Labute approximate surface area is 138 Å². The summed E-state index contributed by atoms with van der Waals surface area (Å²) in [4.78, 5) is 14.6. The Balaban J connectivity index is 2.17. The lowest BCUT2D eigenvalue weighted by atomic mass is 10.0. The summed E-state index contributed by atoms with van der Waals surface area (Å²) in [7, 11) is 0. The normalized spacial score (nSPS) is 18.4. The van der Waals surface area contributed by atoms with E-state index in [0.29, 0.717) is 5.92 Å². The Kier molecular flexibility index (Phi) is 5.81. The Morgan fingerprint density at radius 1 is 1.52 bits per heavy atom. The molecule has 1 atom stereocenters. The van der Waals surface area contributed by atoms with Crippen molar-refractivity contribution in [2.24, 2.45) is 5.92 Å². The molecular formula is C19H25N3O. The standard InChI is InChI=1S/C19H25N3O/c1-4-16-9-5-8-15(3)18(16)21-19(23)17(11-20)13-22-10-6-7-14(2)12-22/h5,8-9,13-14H,4,6-7,10,12H2,1-3H3,(H,21,23)/b17-13-. The van der Waals surface area contributed by atoms with E-state index in [1.165, 1.54) is 6.42 Å². The summed E-state index contributed by atoms with van der Waals surface area (Å²) in [6, 6.07) is 8.01. The van der Waals surface area contributed by atoms with Crippen LogP contribution in [0, 0.1) is 24.2 Å². The average molecular weight is 311 g/mol. The molecule has 23 heavy (non-hydrogen) atoms. The summed E-state index contributed by atoms with van der Waals surface area (Å²) in [6.45, 7) is 8.04. The minimum absolute atomic E-state index is 0.171. The van der Waals surface area contributed by atoms with E-state index in [1.807, 2.05) is 31.2 Å². The predicted octanol–water partition coefficient (Wildman–Crippen LogP) is 3.64. The van der Waals surface area contributed by atoms with Crippen molar-refractivity contribution < 1.29 is 4.79 Å². The van der Waals surface area contributed by atoms with Gasteiger partial charge in [0.05, 0.1) is 0 Å². The number of amides is 1. The van der Waals surface area contributed by atoms with E-state index in [1.54, 1.807) is 6.20 Å². The number of carbonyl (C=O) groups is 1. The number of rotatable bonds is 4. The van der Waals surface area contributed by atoms with Gasteiger partial charge < -0.3 is 10.2 Å². The predicted molar refractivity (Wildman–Crippen MR) is 92.9 cm³/mol. The van der Waals surface area contributed by atoms with E-state index in [0.717, 1.165) is 42.7 Å². The third-order valence-electron chi connectivity index (χ3n) is 4.34. The zero-order valence-electron chi connectivity index (χ0n) is 14.2. The molecule has 0 saturated carbocycles. The van der Waals surface area contributed by atoms with Crippen LogP contribution in [0.5, 0.6) is 0 Å². The number of aryl methyl sites for hydroxylation is 2. The van der Waals surface area contributed by atoms with Crippen LogP contribution < -0.4 is 5.32 Å². The molecule has 1 aliphatic heterocycles. The quantitative estimate of drug-likeness (QED) is 0.682. The molecule has 1 fully saturated rings.